The maximum atomic E-state index is 2.41. The lowest BCUT2D eigenvalue weighted by Crippen LogP contribution is -3.00. The molecule has 0 N–H and O–H groups in total. The molecule has 2 fully saturated rings. The second-order valence-electron chi connectivity index (χ2n) is 4.30. The van der Waals surface area contributed by atoms with Gasteiger partial charge in [0.1, 0.15) is 0 Å². The summed E-state index contributed by atoms with van der Waals surface area (Å²) in [4.78, 5) is 0. The van der Waals surface area contributed by atoms with E-state index in [0.29, 0.717) is 0 Å². The van der Waals surface area contributed by atoms with Crippen molar-refractivity contribution in [2.75, 3.05) is 26.2 Å². The predicted octanol–water partition coefficient (Wildman–Crippen LogP) is -1.36. The summed E-state index contributed by atoms with van der Waals surface area (Å²) in [5.74, 6) is 1.01. The van der Waals surface area contributed by atoms with Crippen molar-refractivity contribution >= 4 is 0 Å². The molecule has 11 heavy (non-hydrogen) atoms. The Hall–Kier alpha value is 0.250. The number of hydrogen-bond donors (Lipinski definition) is 0. The van der Waals surface area contributed by atoms with Crippen molar-refractivity contribution in [3.8, 4) is 0 Å². The molecule has 0 amide bonds. The summed E-state index contributed by atoms with van der Waals surface area (Å²) < 4.78 is 1.49. The van der Waals surface area contributed by atoms with Crippen LogP contribution in [-0.2, 0) is 0 Å². The molecule has 1 atom stereocenters. The second kappa shape index (κ2) is 3.32. The predicted molar refractivity (Wildman–Crippen MR) is 42.7 cm³/mol. The fourth-order valence-corrected chi connectivity index (χ4v) is 2.75. The Labute approximate surface area is 75.8 Å². The van der Waals surface area contributed by atoms with E-state index in [1.807, 2.05) is 0 Å². The van der Waals surface area contributed by atoms with Gasteiger partial charge in [0.15, 0.2) is 0 Å². The topological polar surface area (TPSA) is 0 Å². The van der Waals surface area contributed by atoms with E-state index in [0.717, 1.165) is 5.92 Å². The first-order valence-corrected chi connectivity index (χ1v) is 4.66. The zero-order valence-corrected chi connectivity index (χ0v) is 8.11. The van der Waals surface area contributed by atoms with Gasteiger partial charge in [-0.15, -0.1) is 0 Å². The summed E-state index contributed by atoms with van der Waals surface area (Å²) in [6, 6.07) is 0. The van der Waals surface area contributed by atoms with Crippen molar-refractivity contribution in [2.45, 2.75) is 26.2 Å². The molecule has 66 valence electrons. The van der Waals surface area contributed by atoms with Gasteiger partial charge in [-0.25, -0.2) is 0 Å². The molecule has 1 unspecified atom stereocenters. The minimum atomic E-state index is 0. The third-order valence-electron chi connectivity index (χ3n) is 3.31. The van der Waals surface area contributed by atoms with Crippen LogP contribution in [0.2, 0.25) is 0 Å². The molecule has 1 spiro atoms. The minimum absolute atomic E-state index is 0. The van der Waals surface area contributed by atoms with Gasteiger partial charge in [-0.3, -0.25) is 0 Å². The van der Waals surface area contributed by atoms with Crippen LogP contribution in [0.3, 0.4) is 0 Å². The van der Waals surface area contributed by atoms with Crippen molar-refractivity contribution in [1.29, 1.82) is 0 Å². The van der Waals surface area contributed by atoms with Crippen LogP contribution < -0.4 is 12.4 Å². The summed E-state index contributed by atoms with van der Waals surface area (Å²) in [6.45, 7) is 8.36. The lowest BCUT2D eigenvalue weighted by molar-refractivity contribution is -0.906. The molecule has 1 nitrogen and oxygen atoms in total. The van der Waals surface area contributed by atoms with Gasteiger partial charge < -0.3 is 16.9 Å². The average Bonchev–Trinajstić information content (AvgIpc) is 2.46. The number of hydrogen-bond acceptors (Lipinski definition) is 0. The third kappa shape index (κ3) is 1.70. The Morgan fingerprint density at radius 2 is 1.73 bits per heavy atom. The zero-order chi connectivity index (χ0) is 7.03. The minimum Gasteiger partial charge on any atom is -1.00 e. The highest BCUT2D eigenvalue weighted by molar-refractivity contribution is 4.66. The van der Waals surface area contributed by atoms with E-state index >= 15 is 0 Å². The Balaban J connectivity index is 0.000000605. The highest BCUT2D eigenvalue weighted by Crippen LogP contribution is 2.29. The van der Waals surface area contributed by atoms with E-state index in [9.17, 15) is 0 Å². The Kier molecular flexibility index (Phi) is 2.82. The van der Waals surface area contributed by atoms with Crippen LogP contribution in [0.4, 0.5) is 0 Å². The quantitative estimate of drug-likeness (QED) is 0.399. The van der Waals surface area contributed by atoms with Gasteiger partial charge in [-0.05, 0) is 0 Å². The van der Waals surface area contributed by atoms with E-state index in [1.165, 1.54) is 49.9 Å². The van der Waals surface area contributed by atoms with Crippen LogP contribution in [0, 0.1) is 5.92 Å². The van der Waals surface area contributed by atoms with Crippen molar-refractivity contribution < 1.29 is 16.9 Å². The second-order valence-corrected chi connectivity index (χ2v) is 4.30. The Bertz CT molecular complexity index is 130. The number of rotatable bonds is 0. The van der Waals surface area contributed by atoms with Crippen LogP contribution in [0.15, 0.2) is 0 Å². The molecule has 2 heterocycles. The van der Waals surface area contributed by atoms with E-state index in [-0.39, 0.29) is 12.4 Å². The smallest absolute Gasteiger partial charge is 0.0814 e. The summed E-state index contributed by atoms with van der Waals surface area (Å²) >= 11 is 0. The van der Waals surface area contributed by atoms with Crippen molar-refractivity contribution in [3.63, 3.8) is 0 Å². The molecule has 2 aliphatic rings. The molecule has 2 saturated heterocycles. The van der Waals surface area contributed by atoms with Crippen LogP contribution in [0.5, 0.6) is 0 Å². The van der Waals surface area contributed by atoms with Gasteiger partial charge in [0.2, 0.25) is 0 Å². The molecule has 0 aliphatic carbocycles. The molecular formula is C9H18ClN. The molecule has 0 aromatic carbocycles. The summed E-state index contributed by atoms with van der Waals surface area (Å²) in [7, 11) is 0. The Morgan fingerprint density at radius 3 is 2.18 bits per heavy atom. The van der Waals surface area contributed by atoms with Gasteiger partial charge in [-0.1, -0.05) is 6.92 Å². The molecule has 2 aliphatic heterocycles. The molecule has 0 aromatic rings. The van der Waals surface area contributed by atoms with Crippen LogP contribution in [0.25, 0.3) is 0 Å². The zero-order valence-electron chi connectivity index (χ0n) is 7.35. The number of nitrogens with zero attached hydrogens (tertiary/aromatic N) is 1. The highest BCUT2D eigenvalue weighted by Gasteiger charge is 2.38. The maximum absolute atomic E-state index is 2.41. The molecule has 0 saturated carbocycles. The molecule has 2 rings (SSSR count). The highest BCUT2D eigenvalue weighted by atomic mass is 35.5. The first kappa shape index (κ1) is 9.34. The molecule has 0 bridgehead atoms. The normalized spacial score (nSPS) is 34.1. The van der Waals surface area contributed by atoms with E-state index in [2.05, 4.69) is 6.92 Å². The first-order chi connectivity index (χ1) is 4.81. The largest absolute Gasteiger partial charge is 1.00 e. The molecule has 0 radical (unpaired) electrons. The van der Waals surface area contributed by atoms with Gasteiger partial charge >= 0.3 is 0 Å². The van der Waals surface area contributed by atoms with Crippen molar-refractivity contribution in [2.24, 2.45) is 5.92 Å². The molecule has 0 aromatic heterocycles. The van der Waals surface area contributed by atoms with Gasteiger partial charge in [0, 0.05) is 25.2 Å². The van der Waals surface area contributed by atoms with Crippen LogP contribution in [-0.4, -0.2) is 30.7 Å². The molecular weight excluding hydrogens is 158 g/mol. The average molecular weight is 176 g/mol. The van der Waals surface area contributed by atoms with E-state index < -0.39 is 0 Å². The van der Waals surface area contributed by atoms with Crippen LogP contribution >= 0.6 is 0 Å². The van der Waals surface area contributed by atoms with Gasteiger partial charge in [0.25, 0.3) is 0 Å². The summed E-state index contributed by atoms with van der Waals surface area (Å²) in [6.07, 6.45) is 4.47. The Morgan fingerprint density at radius 1 is 1.09 bits per heavy atom. The first-order valence-electron chi connectivity index (χ1n) is 4.66. The lowest BCUT2D eigenvalue weighted by atomic mass is 10.2. The number of halogens is 1. The van der Waals surface area contributed by atoms with Crippen molar-refractivity contribution in [1.82, 2.24) is 0 Å². The van der Waals surface area contributed by atoms with Crippen LogP contribution in [0.1, 0.15) is 26.2 Å². The van der Waals surface area contributed by atoms with Gasteiger partial charge in [0.05, 0.1) is 26.2 Å². The summed E-state index contributed by atoms with van der Waals surface area (Å²) in [5.41, 5.74) is 0. The maximum Gasteiger partial charge on any atom is 0.0814 e. The molecule has 2 heteroatoms. The number of quaternary nitrogens is 1. The lowest BCUT2D eigenvalue weighted by Gasteiger charge is -2.28. The van der Waals surface area contributed by atoms with E-state index in [1.54, 1.807) is 0 Å². The summed E-state index contributed by atoms with van der Waals surface area (Å²) in [5, 5.41) is 0. The standard InChI is InChI=1S/C9H18N.ClH/c1-9-4-7-10(8-9)5-2-3-6-10;/h9H,2-8H2,1H3;1H/q+1;/p-1. The third-order valence-corrected chi connectivity index (χ3v) is 3.31. The monoisotopic (exact) mass is 175 g/mol. The fraction of sp³-hybridized carbons (Fsp3) is 1.00. The van der Waals surface area contributed by atoms with Gasteiger partial charge in [-0.2, -0.15) is 0 Å². The SMILES string of the molecule is CC1CC[N+]2(CCCC2)C1.[Cl-]. The van der Waals surface area contributed by atoms with E-state index in [4.69, 9.17) is 0 Å². The fourth-order valence-electron chi connectivity index (χ4n) is 2.75. The van der Waals surface area contributed by atoms with Crippen molar-refractivity contribution in [3.05, 3.63) is 0 Å².